The summed E-state index contributed by atoms with van der Waals surface area (Å²) in [5, 5.41) is 18.1. The lowest BCUT2D eigenvalue weighted by Crippen LogP contribution is -2.52. The number of anilines is 1. The zero-order valence-corrected chi connectivity index (χ0v) is 23.8. The third kappa shape index (κ3) is 6.80. The molecule has 206 valence electrons. The number of benzene rings is 1. The maximum Gasteiger partial charge on any atom is 0.235 e. The number of hydrogen-bond acceptors (Lipinski definition) is 8. The summed E-state index contributed by atoms with van der Waals surface area (Å²) in [4.78, 5) is 23.5. The van der Waals surface area contributed by atoms with E-state index in [0.29, 0.717) is 53.8 Å². The Hall–Kier alpha value is -1.92. The molecule has 0 saturated carbocycles. The number of likely N-dealkylation sites (tertiary alicyclic amines) is 1. The van der Waals surface area contributed by atoms with E-state index in [1.165, 1.54) is 31.1 Å². The van der Waals surface area contributed by atoms with Crippen LogP contribution in [0.1, 0.15) is 17.7 Å². The van der Waals surface area contributed by atoms with Crippen molar-refractivity contribution in [3.8, 4) is 5.75 Å². The molecular weight excluding hydrogens is 576 g/mol. The topological polar surface area (TPSA) is 99.6 Å². The van der Waals surface area contributed by atoms with Gasteiger partial charge in [-0.2, -0.15) is 0 Å². The Morgan fingerprint density at radius 3 is 2.92 bits per heavy atom. The molecule has 0 radical (unpaired) electrons. The van der Waals surface area contributed by atoms with Gasteiger partial charge in [0.1, 0.15) is 17.1 Å². The molecule has 4 heterocycles. The molecule has 3 N–H and O–H groups in total. The Morgan fingerprint density at radius 2 is 2.16 bits per heavy atom. The van der Waals surface area contributed by atoms with Crippen LogP contribution in [0.25, 0.3) is 10.9 Å². The van der Waals surface area contributed by atoms with Gasteiger partial charge in [-0.3, -0.25) is 9.78 Å². The van der Waals surface area contributed by atoms with Crippen LogP contribution in [0.5, 0.6) is 5.75 Å². The van der Waals surface area contributed by atoms with Gasteiger partial charge in [-0.25, -0.2) is 9.37 Å². The number of thioether (sulfide) groups is 1. The highest BCUT2D eigenvalue weighted by molar-refractivity contribution is 8.00. The van der Waals surface area contributed by atoms with Gasteiger partial charge in [0.25, 0.3) is 0 Å². The van der Waals surface area contributed by atoms with E-state index in [9.17, 15) is 14.3 Å². The van der Waals surface area contributed by atoms with Crippen molar-refractivity contribution in [3.05, 3.63) is 52.6 Å². The Bertz CT molecular complexity index is 1300. The number of β-amino-alcohol motifs (C(OH)–C–C–N with tert-alkyl or cyclic N) is 1. The van der Waals surface area contributed by atoms with Gasteiger partial charge in [-0.1, -0.05) is 11.6 Å². The molecule has 2 aromatic heterocycles. The summed E-state index contributed by atoms with van der Waals surface area (Å²) in [7, 11) is 1.50. The molecule has 1 amide bonds. The number of aliphatic hydroxyl groups excluding tert-OH is 1. The van der Waals surface area contributed by atoms with Crippen LogP contribution in [0.2, 0.25) is 5.02 Å². The first kappa shape index (κ1) is 30.6. The monoisotopic (exact) mass is 603 g/mol. The number of piperidine rings is 1. The van der Waals surface area contributed by atoms with E-state index in [1.807, 2.05) is 12.1 Å². The van der Waals surface area contributed by atoms with Crippen LogP contribution in [0.4, 0.5) is 10.2 Å². The number of amides is 1. The van der Waals surface area contributed by atoms with Crippen LogP contribution in [0.15, 0.2) is 35.4 Å². The molecule has 5 rings (SSSR count). The number of pyridine rings is 2. The number of ether oxygens (including phenoxy) is 1. The van der Waals surface area contributed by atoms with Crippen LogP contribution in [-0.2, 0) is 17.8 Å². The van der Waals surface area contributed by atoms with Crippen molar-refractivity contribution in [1.29, 1.82) is 0 Å². The van der Waals surface area contributed by atoms with E-state index in [2.05, 4.69) is 25.5 Å². The maximum absolute atomic E-state index is 14.5. The highest BCUT2D eigenvalue weighted by atomic mass is 35.5. The van der Waals surface area contributed by atoms with Crippen LogP contribution >= 0.6 is 48.2 Å². The zero-order valence-electron chi connectivity index (χ0n) is 20.6. The number of hydrogen-bond donors (Lipinski definition) is 3. The van der Waals surface area contributed by atoms with Gasteiger partial charge in [0.15, 0.2) is 5.82 Å². The number of rotatable bonds is 7. The molecule has 1 aromatic carbocycles. The third-order valence-corrected chi connectivity index (χ3v) is 7.99. The number of carbonyl (C=O) groups excluding carboxylic acids is 1. The summed E-state index contributed by atoms with van der Waals surface area (Å²) >= 11 is 7.92. The molecule has 2 atom stereocenters. The summed E-state index contributed by atoms with van der Waals surface area (Å²) < 4.78 is 19.7. The molecular formula is C25H29Cl3FN5O3S. The molecule has 8 nitrogen and oxygen atoms in total. The summed E-state index contributed by atoms with van der Waals surface area (Å²) in [5.74, 6) is 0.941. The number of aliphatic hydroxyl groups is 1. The largest absolute Gasteiger partial charge is 0.497 e. The lowest BCUT2D eigenvalue weighted by molar-refractivity contribution is -0.113. The van der Waals surface area contributed by atoms with E-state index < -0.39 is 11.9 Å². The highest BCUT2D eigenvalue weighted by Gasteiger charge is 2.28. The molecule has 38 heavy (non-hydrogen) atoms. The smallest absolute Gasteiger partial charge is 0.235 e. The minimum absolute atomic E-state index is 0. The lowest BCUT2D eigenvalue weighted by atomic mass is 10.00. The fourth-order valence-electron chi connectivity index (χ4n) is 4.68. The number of halogens is 4. The first-order valence-electron chi connectivity index (χ1n) is 11.8. The van der Waals surface area contributed by atoms with E-state index in [0.717, 1.165) is 29.1 Å². The van der Waals surface area contributed by atoms with Crippen LogP contribution in [0.3, 0.4) is 0 Å². The average Bonchev–Trinajstić information content (AvgIpc) is 2.87. The molecule has 13 heteroatoms. The number of fused-ring (bicyclic) bond motifs is 2. The fourth-order valence-corrected chi connectivity index (χ4v) is 5.68. The van der Waals surface area contributed by atoms with Crippen molar-refractivity contribution in [3.63, 3.8) is 0 Å². The van der Waals surface area contributed by atoms with Crippen LogP contribution < -0.4 is 15.4 Å². The van der Waals surface area contributed by atoms with E-state index in [4.69, 9.17) is 16.3 Å². The van der Waals surface area contributed by atoms with Gasteiger partial charge in [-0.05, 0) is 43.1 Å². The van der Waals surface area contributed by atoms with Gasteiger partial charge in [0.05, 0.1) is 34.6 Å². The van der Waals surface area contributed by atoms with Crippen molar-refractivity contribution >= 4 is 70.8 Å². The Kier molecular flexibility index (Phi) is 10.8. The van der Waals surface area contributed by atoms with Crippen molar-refractivity contribution < 1.29 is 19.0 Å². The molecule has 2 aliphatic heterocycles. The molecule has 0 unspecified atom stereocenters. The zero-order chi connectivity index (χ0) is 25.2. The normalized spacial score (nSPS) is 19.2. The van der Waals surface area contributed by atoms with Gasteiger partial charge in [0, 0.05) is 43.3 Å². The Morgan fingerprint density at radius 1 is 1.34 bits per heavy atom. The van der Waals surface area contributed by atoms with Crippen LogP contribution in [0, 0.1) is 5.82 Å². The quantitative estimate of drug-likeness (QED) is 0.371. The second-order valence-electron chi connectivity index (χ2n) is 8.97. The molecule has 0 aliphatic carbocycles. The first-order chi connectivity index (χ1) is 17.4. The standard InChI is InChI=1S/C25H27ClFN5O3S.2ClH/c1-35-15-8-17-16(18(26)11-29-24(17)19(27)9-15)4-6-32-7-5-20(21(33)12-32)28-10-14-2-3-22-25(30-14)31-23(34)13-36-22;;/h2-3,8-9,11,20-21,28,33H,4-7,10,12-13H2,1H3,(H,30,31,34);2*1H/t20-,21+;;/m0../s1. The van der Waals surface area contributed by atoms with Gasteiger partial charge < -0.3 is 25.4 Å². The average molecular weight is 605 g/mol. The predicted octanol–water partition coefficient (Wildman–Crippen LogP) is 4.09. The SMILES string of the molecule is COc1cc(F)c2ncc(Cl)c(CCN3CC[C@H](NCc4ccc5c(n4)NC(=O)CS5)[C@H](O)C3)c2c1.Cl.Cl. The molecule has 2 aliphatic rings. The maximum atomic E-state index is 14.5. The number of nitrogens with one attached hydrogen (secondary N) is 2. The van der Waals surface area contributed by atoms with Crippen molar-refractivity contribution in [2.75, 3.05) is 37.8 Å². The van der Waals surface area contributed by atoms with Gasteiger partial charge >= 0.3 is 0 Å². The number of methoxy groups -OCH3 is 1. The van der Waals surface area contributed by atoms with E-state index in [-0.39, 0.29) is 42.3 Å². The molecule has 0 bridgehead atoms. The second kappa shape index (κ2) is 13.4. The molecule has 1 fully saturated rings. The minimum atomic E-state index is -0.547. The number of nitrogens with zero attached hydrogens (tertiary/aromatic N) is 3. The van der Waals surface area contributed by atoms with E-state index in [1.54, 1.807) is 6.07 Å². The first-order valence-corrected chi connectivity index (χ1v) is 13.1. The highest BCUT2D eigenvalue weighted by Crippen LogP contribution is 2.31. The Balaban J connectivity index is 0.00000200. The second-order valence-corrected chi connectivity index (χ2v) is 10.4. The minimum Gasteiger partial charge on any atom is -0.497 e. The fraction of sp³-hybridized carbons (Fsp3) is 0.400. The summed E-state index contributed by atoms with van der Waals surface area (Å²) in [6, 6.07) is 6.93. The lowest BCUT2D eigenvalue weighted by Gasteiger charge is -2.36. The number of aromatic nitrogens is 2. The Labute approximate surface area is 241 Å². The van der Waals surface area contributed by atoms with E-state index >= 15 is 0 Å². The van der Waals surface area contributed by atoms with Gasteiger partial charge in [0.2, 0.25) is 5.91 Å². The third-order valence-electron chi connectivity index (χ3n) is 6.61. The van der Waals surface area contributed by atoms with Crippen molar-refractivity contribution in [2.45, 2.75) is 36.4 Å². The molecule has 3 aromatic rings. The molecule has 1 saturated heterocycles. The summed E-state index contributed by atoms with van der Waals surface area (Å²) in [6.07, 6.45) is 2.30. The number of carbonyl (C=O) groups is 1. The summed E-state index contributed by atoms with van der Waals surface area (Å²) in [6.45, 7) is 2.49. The van der Waals surface area contributed by atoms with Crippen LogP contribution in [-0.4, -0.2) is 70.5 Å². The van der Waals surface area contributed by atoms with Crippen molar-refractivity contribution in [2.24, 2.45) is 0 Å². The molecule has 0 spiro atoms. The van der Waals surface area contributed by atoms with Gasteiger partial charge in [-0.15, -0.1) is 36.6 Å². The summed E-state index contributed by atoms with van der Waals surface area (Å²) in [5.41, 5.74) is 1.90. The predicted molar refractivity (Wildman–Crippen MR) is 153 cm³/mol. The van der Waals surface area contributed by atoms with Crippen molar-refractivity contribution in [1.82, 2.24) is 20.2 Å².